The minimum atomic E-state index is -0.269. The van der Waals surface area contributed by atoms with E-state index in [1.54, 1.807) is 23.9 Å². The van der Waals surface area contributed by atoms with Gasteiger partial charge in [-0.2, -0.15) is 10.2 Å². The third kappa shape index (κ3) is 3.16. The van der Waals surface area contributed by atoms with E-state index in [2.05, 4.69) is 25.7 Å². The lowest BCUT2D eigenvalue weighted by atomic mass is 10.1. The first-order chi connectivity index (χ1) is 14.5. The van der Waals surface area contributed by atoms with Crippen LogP contribution >= 0.6 is 0 Å². The van der Waals surface area contributed by atoms with E-state index in [1.165, 1.54) is 12.8 Å². The summed E-state index contributed by atoms with van der Waals surface area (Å²) in [6, 6.07) is 4.08. The lowest BCUT2D eigenvalue weighted by Crippen LogP contribution is -2.14. The van der Waals surface area contributed by atoms with Gasteiger partial charge < -0.3 is 9.84 Å². The van der Waals surface area contributed by atoms with Crippen LogP contribution in [0.4, 0.5) is 5.82 Å². The first-order valence-corrected chi connectivity index (χ1v) is 10.1. The van der Waals surface area contributed by atoms with Crippen LogP contribution in [-0.4, -0.2) is 35.6 Å². The molecule has 0 aromatic carbocycles. The van der Waals surface area contributed by atoms with Gasteiger partial charge in [0.25, 0.3) is 11.6 Å². The molecule has 0 bridgehead atoms. The number of hydrogen-bond donors (Lipinski definition) is 1. The van der Waals surface area contributed by atoms with Crippen molar-refractivity contribution in [2.45, 2.75) is 45.6 Å². The summed E-state index contributed by atoms with van der Waals surface area (Å²) in [4.78, 5) is 17.7. The molecule has 0 saturated heterocycles. The standard InChI is InChI=1S/C21H23N7O2/c1-12-8-18(25-28(12)15-6-4-5-7-15)24-20(29)16-9-17(14-10-22-27(3)11-14)23-21-19(16)13(2)26-30-21/h8-11,15H,4-7H2,1-3H3,(H,24,25,29). The molecule has 0 atom stereocenters. The van der Waals surface area contributed by atoms with Crippen LogP contribution < -0.4 is 5.32 Å². The fraction of sp³-hybridized carbons (Fsp3) is 0.381. The minimum absolute atomic E-state index is 0.269. The van der Waals surface area contributed by atoms with Crippen LogP contribution in [-0.2, 0) is 7.05 Å². The van der Waals surface area contributed by atoms with E-state index in [-0.39, 0.29) is 5.91 Å². The Labute approximate surface area is 173 Å². The van der Waals surface area contributed by atoms with Crippen molar-refractivity contribution in [3.8, 4) is 11.3 Å². The van der Waals surface area contributed by atoms with E-state index < -0.39 is 0 Å². The molecule has 1 saturated carbocycles. The third-order valence-electron chi connectivity index (χ3n) is 5.70. The van der Waals surface area contributed by atoms with Crippen molar-refractivity contribution in [2.75, 3.05) is 5.32 Å². The summed E-state index contributed by atoms with van der Waals surface area (Å²) >= 11 is 0. The molecule has 1 fully saturated rings. The molecule has 5 rings (SSSR count). The van der Waals surface area contributed by atoms with Crippen LogP contribution in [0.15, 0.2) is 29.0 Å². The van der Waals surface area contributed by atoms with Crippen LogP contribution in [0.2, 0.25) is 0 Å². The highest BCUT2D eigenvalue weighted by Crippen LogP contribution is 2.31. The summed E-state index contributed by atoms with van der Waals surface area (Å²) in [5, 5.41) is 16.4. The largest absolute Gasteiger partial charge is 0.335 e. The van der Waals surface area contributed by atoms with E-state index in [0.29, 0.717) is 39.9 Å². The molecule has 1 N–H and O–H groups in total. The lowest BCUT2D eigenvalue weighted by molar-refractivity contribution is 0.102. The summed E-state index contributed by atoms with van der Waals surface area (Å²) in [6.45, 7) is 3.82. The molecule has 154 valence electrons. The average molecular weight is 405 g/mol. The quantitative estimate of drug-likeness (QED) is 0.554. The monoisotopic (exact) mass is 405 g/mol. The molecule has 4 aromatic heterocycles. The molecule has 0 spiro atoms. The Morgan fingerprint density at radius 1 is 1.23 bits per heavy atom. The second-order valence-corrected chi connectivity index (χ2v) is 7.91. The number of anilines is 1. The van der Waals surface area contributed by atoms with Crippen molar-refractivity contribution < 1.29 is 9.32 Å². The summed E-state index contributed by atoms with van der Waals surface area (Å²) in [5.41, 5.74) is 3.84. The zero-order valence-electron chi connectivity index (χ0n) is 17.2. The van der Waals surface area contributed by atoms with Crippen LogP contribution in [0, 0.1) is 13.8 Å². The van der Waals surface area contributed by atoms with Gasteiger partial charge in [0, 0.05) is 30.6 Å². The molecule has 0 unspecified atom stereocenters. The first-order valence-electron chi connectivity index (χ1n) is 10.1. The maximum atomic E-state index is 13.2. The summed E-state index contributed by atoms with van der Waals surface area (Å²) in [7, 11) is 1.83. The lowest BCUT2D eigenvalue weighted by Gasteiger charge is -2.11. The van der Waals surface area contributed by atoms with Gasteiger partial charge in [0.2, 0.25) is 0 Å². The highest BCUT2D eigenvalue weighted by Gasteiger charge is 2.23. The Bertz CT molecular complexity index is 1240. The van der Waals surface area contributed by atoms with Crippen molar-refractivity contribution in [3.05, 3.63) is 41.5 Å². The molecule has 0 aliphatic heterocycles. The SMILES string of the molecule is Cc1noc2nc(-c3cnn(C)c3)cc(C(=O)Nc3cc(C)n(C4CCCC4)n3)c12. The van der Waals surface area contributed by atoms with Crippen molar-refractivity contribution in [2.24, 2.45) is 7.05 Å². The fourth-order valence-electron chi connectivity index (χ4n) is 4.23. The number of aromatic nitrogens is 6. The second kappa shape index (κ2) is 7.08. The molecular weight excluding hydrogens is 382 g/mol. The van der Waals surface area contributed by atoms with Crippen LogP contribution in [0.25, 0.3) is 22.4 Å². The Hall–Kier alpha value is -3.49. The molecule has 4 aromatic rings. The van der Waals surface area contributed by atoms with Gasteiger partial charge in [-0.25, -0.2) is 4.98 Å². The van der Waals surface area contributed by atoms with Crippen molar-refractivity contribution >= 4 is 22.8 Å². The Kier molecular flexibility index (Phi) is 4.38. The normalized spacial score (nSPS) is 14.6. The van der Waals surface area contributed by atoms with E-state index in [1.807, 2.05) is 30.9 Å². The van der Waals surface area contributed by atoms with E-state index in [4.69, 9.17) is 4.52 Å². The highest BCUT2D eigenvalue weighted by atomic mass is 16.5. The molecular formula is C21H23N7O2. The van der Waals surface area contributed by atoms with Crippen molar-refractivity contribution in [1.29, 1.82) is 0 Å². The Balaban J connectivity index is 1.51. The second-order valence-electron chi connectivity index (χ2n) is 7.91. The average Bonchev–Trinajstić information content (AvgIpc) is 3.50. The maximum absolute atomic E-state index is 13.2. The number of amides is 1. The molecule has 1 aliphatic rings. The molecule has 30 heavy (non-hydrogen) atoms. The molecule has 9 nitrogen and oxygen atoms in total. The topological polar surface area (TPSA) is 104 Å². The molecule has 1 amide bonds. The Morgan fingerprint density at radius 2 is 2.03 bits per heavy atom. The number of pyridine rings is 1. The Morgan fingerprint density at radius 3 is 2.77 bits per heavy atom. The van der Waals surface area contributed by atoms with Gasteiger partial charge in [0.05, 0.1) is 34.6 Å². The number of nitrogens with zero attached hydrogens (tertiary/aromatic N) is 6. The number of hydrogen-bond acceptors (Lipinski definition) is 6. The van der Waals surface area contributed by atoms with Gasteiger partial charge in [-0.1, -0.05) is 18.0 Å². The number of rotatable bonds is 4. The van der Waals surface area contributed by atoms with Gasteiger partial charge in [0.1, 0.15) is 0 Å². The van der Waals surface area contributed by atoms with E-state index >= 15 is 0 Å². The predicted molar refractivity (Wildman–Crippen MR) is 111 cm³/mol. The molecule has 4 heterocycles. The van der Waals surface area contributed by atoms with Gasteiger partial charge in [-0.05, 0) is 32.8 Å². The summed E-state index contributed by atoms with van der Waals surface area (Å²) in [5.74, 6) is 0.279. The van der Waals surface area contributed by atoms with Crippen molar-refractivity contribution in [3.63, 3.8) is 0 Å². The predicted octanol–water partition coefficient (Wildman–Crippen LogP) is 3.80. The number of aryl methyl sites for hydroxylation is 3. The number of nitrogens with one attached hydrogen (secondary N) is 1. The number of fused-ring (bicyclic) bond motifs is 1. The summed E-state index contributed by atoms with van der Waals surface area (Å²) < 4.78 is 9.09. The zero-order valence-corrected chi connectivity index (χ0v) is 17.2. The smallest absolute Gasteiger partial charge is 0.259 e. The third-order valence-corrected chi connectivity index (χ3v) is 5.70. The van der Waals surface area contributed by atoms with Crippen LogP contribution in [0.3, 0.4) is 0 Å². The zero-order chi connectivity index (χ0) is 20.8. The van der Waals surface area contributed by atoms with Crippen LogP contribution in [0.1, 0.15) is 53.5 Å². The molecule has 9 heteroatoms. The van der Waals surface area contributed by atoms with Gasteiger partial charge >= 0.3 is 0 Å². The highest BCUT2D eigenvalue weighted by molar-refractivity contribution is 6.12. The molecule has 1 aliphatic carbocycles. The fourth-order valence-corrected chi connectivity index (χ4v) is 4.23. The van der Waals surface area contributed by atoms with Crippen molar-refractivity contribution in [1.82, 2.24) is 29.7 Å². The van der Waals surface area contributed by atoms with Gasteiger partial charge in [-0.15, -0.1) is 0 Å². The van der Waals surface area contributed by atoms with E-state index in [9.17, 15) is 4.79 Å². The van der Waals surface area contributed by atoms with E-state index in [0.717, 1.165) is 24.1 Å². The number of carbonyl (C=O) groups is 1. The minimum Gasteiger partial charge on any atom is -0.335 e. The number of carbonyl (C=O) groups excluding carboxylic acids is 1. The van der Waals surface area contributed by atoms with Gasteiger partial charge in [0.15, 0.2) is 5.82 Å². The molecule has 0 radical (unpaired) electrons. The maximum Gasteiger partial charge on any atom is 0.259 e. The first kappa shape index (κ1) is 18.5. The summed E-state index contributed by atoms with van der Waals surface area (Å²) in [6.07, 6.45) is 8.26. The van der Waals surface area contributed by atoms with Crippen LogP contribution in [0.5, 0.6) is 0 Å². The van der Waals surface area contributed by atoms with Gasteiger partial charge in [-0.3, -0.25) is 14.2 Å².